The smallest absolute Gasteiger partial charge is 0.251 e. The second kappa shape index (κ2) is 9.29. The quantitative estimate of drug-likeness (QED) is 0.761. The van der Waals surface area contributed by atoms with Crippen LogP contribution in [0.5, 0.6) is 0 Å². The van der Waals surface area contributed by atoms with Crippen LogP contribution in [-0.2, 0) is 14.8 Å². The van der Waals surface area contributed by atoms with Gasteiger partial charge in [-0.25, -0.2) is 8.42 Å². The summed E-state index contributed by atoms with van der Waals surface area (Å²) in [6.07, 6.45) is 0.737. The lowest BCUT2D eigenvalue weighted by atomic mass is 9.97. The Bertz CT molecular complexity index is 1030. The minimum absolute atomic E-state index is 0.140. The van der Waals surface area contributed by atoms with E-state index in [1.165, 1.54) is 15.9 Å². The van der Waals surface area contributed by atoms with Crippen molar-refractivity contribution < 1.29 is 17.9 Å². The van der Waals surface area contributed by atoms with E-state index in [0.29, 0.717) is 37.4 Å². The number of carbonyl (C=O) groups is 1. The fraction of sp³-hybridized carbons (Fsp3) is 0.435. The van der Waals surface area contributed by atoms with Crippen molar-refractivity contribution in [1.29, 1.82) is 0 Å². The predicted octanol–water partition coefficient (Wildman–Crippen LogP) is 3.51. The molecule has 1 heterocycles. The number of aryl methyl sites for hydroxylation is 3. The highest BCUT2D eigenvalue weighted by molar-refractivity contribution is 7.89. The van der Waals surface area contributed by atoms with Gasteiger partial charge in [0.15, 0.2) is 0 Å². The number of hydrogen-bond acceptors (Lipinski definition) is 4. The zero-order valence-corrected chi connectivity index (χ0v) is 18.9. The number of nitrogens with zero attached hydrogens (tertiary/aromatic N) is 1. The first-order valence-electron chi connectivity index (χ1n) is 10.3. The maximum absolute atomic E-state index is 13.1. The van der Waals surface area contributed by atoms with Crippen molar-refractivity contribution in [2.24, 2.45) is 0 Å². The number of benzene rings is 2. The molecule has 0 aliphatic carbocycles. The van der Waals surface area contributed by atoms with Gasteiger partial charge in [-0.2, -0.15) is 4.31 Å². The molecule has 0 aromatic heterocycles. The number of amides is 1. The first-order chi connectivity index (χ1) is 14.2. The Morgan fingerprint density at radius 2 is 1.77 bits per heavy atom. The molecule has 3 rings (SSSR count). The van der Waals surface area contributed by atoms with Gasteiger partial charge in [0.05, 0.1) is 24.2 Å². The van der Waals surface area contributed by atoms with Crippen LogP contribution in [0.3, 0.4) is 0 Å². The lowest BCUT2D eigenvalue weighted by Gasteiger charge is -2.27. The molecule has 0 spiro atoms. The van der Waals surface area contributed by atoms with E-state index in [4.69, 9.17) is 4.74 Å². The maximum atomic E-state index is 13.1. The monoisotopic (exact) mass is 430 g/mol. The van der Waals surface area contributed by atoms with Crippen LogP contribution in [0, 0.1) is 20.8 Å². The van der Waals surface area contributed by atoms with Gasteiger partial charge in [0.2, 0.25) is 10.0 Å². The highest BCUT2D eigenvalue weighted by Crippen LogP contribution is 2.25. The van der Waals surface area contributed by atoms with Crippen molar-refractivity contribution in [1.82, 2.24) is 9.62 Å². The van der Waals surface area contributed by atoms with E-state index in [-0.39, 0.29) is 16.8 Å². The Hall–Kier alpha value is -2.22. The first kappa shape index (κ1) is 22.5. The van der Waals surface area contributed by atoms with Crippen LogP contribution in [-0.4, -0.2) is 44.9 Å². The van der Waals surface area contributed by atoms with E-state index in [2.05, 4.69) is 11.4 Å². The van der Waals surface area contributed by atoms with Gasteiger partial charge >= 0.3 is 0 Å². The molecule has 6 nitrogen and oxygen atoms in total. The van der Waals surface area contributed by atoms with E-state index in [1.54, 1.807) is 19.1 Å². The van der Waals surface area contributed by atoms with Crippen molar-refractivity contribution in [3.05, 3.63) is 64.2 Å². The largest absolute Gasteiger partial charge is 0.379 e. The van der Waals surface area contributed by atoms with Crippen LogP contribution in [0.15, 0.2) is 41.3 Å². The molecule has 1 aliphatic rings. The zero-order chi connectivity index (χ0) is 21.9. The van der Waals surface area contributed by atoms with Gasteiger partial charge in [0.25, 0.3) is 5.91 Å². The molecule has 1 aliphatic heterocycles. The Labute approximate surface area is 179 Å². The van der Waals surface area contributed by atoms with Gasteiger partial charge in [-0.3, -0.25) is 4.79 Å². The standard InChI is InChI=1S/C23H30N2O4S/c1-5-21(20-9-6-16(2)14-18(20)4)24-23(26)19-8-7-17(3)22(15-19)30(27,28)25-10-12-29-13-11-25/h6-9,14-15,21H,5,10-13H2,1-4H3,(H,24,26)/t21-/m0/s1. The van der Waals surface area contributed by atoms with E-state index in [1.807, 2.05) is 32.9 Å². The number of nitrogens with one attached hydrogen (secondary N) is 1. The van der Waals surface area contributed by atoms with Crippen LogP contribution >= 0.6 is 0 Å². The highest BCUT2D eigenvalue weighted by Gasteiger charge is 2.28. The average molecular weight is 431 g/mol. The normalized spacial score (nSPS) is 16.3. The minimum Gasteiger partial charge on any atom is -0.379 e. The molecule has 0 radical (unpaired) electrons. The molecule has 2 aromatic carbocycles. The fourth-order valence-electron chi connectivity index (χ4n) is 3.80. The molecule has 0 saturated carbocycles. The van der Waals surface area contributed by atoms with Crippen LogP contribution in [0.4, 0.5) is 0 Å². The number of carbonyl (C=O) groups excluding carboxylic acids is 1. The Morgan fingerprint density at radius 3 is 2.40 bits per heavy atom. The van der Waals surface area contributed by atoms with Crippen molar-refractivity contribution >= 4 is 15.9 Å². The molecule has 1 fully saturated rings. The van der Waals surface area contributed by atoms with Crippen LogP contribution in [0.1, 0.15) is 52.0 Å². The van der Waals surface area contributed by atoms with E-state index in [9.17, 15) is 13.2 Å². The number of rotatable bonds is 6. The van der Waals surface area contributed by atoms with Gasteiger partial charge < -0.3 is 10.1 Å². The number of hydrogen-bond donors (Lipinski definition) is 1. The van der Waals surface area contributed by atoms with Crippen LogP contribution in [0.25, 0.3) is 0 Å². The Balaban J connectivity index is 1.86. The molecule has 162 valence electrons. The average Bonchev–Trinajstić information content (AvgIpc) is 2.73. The number of ether oxygens (including phenoxy) is 1. The van der Waals surface area contributed by atoms with Crippen LogP contribution in [0.2, 0.25) is 0 Å². The van der Waals surface area contributed by atoms with Gasteiger partial charge in [-0.15, -0.1) is 0 Å². The summed E-state index contributed by atoms with van der Waals surface area (Å²) in [6, 6.07) is 10.9. The van der Waals surface area contributed by atoms with Crippen molar-refractivity contribution in [3.63, 3.8) is 0 Å². The predicted molar refractivity (Wildman–Crippen MR) is 117 cm³/mol. The molecule has 1 saturated heterocycles. The summed E-state index contributed by atoms with van der Waals surface area (Å²) in [5, 5.41) is 3.07. The third kappa shape index (κ3) is 4.74. The summed E-state index contributed by atoms with van der Waals surface area (Å²) in [6.45, 7) is 9.26. The highest BCUT2D eigenvalue weighted by atomic mass is 32.2. The maximum Gasteiger partial charge on any atom is 0.251 e. The summed E-state index contributed by atoms with van der Waals surface area (Å²) in [7, 11) is -3.67. The lowest BCUT2D eigenvalue weighted by molar-refractivity contribution is 0.0730. The van der Waals surface area contributed by atoms with Crippen molar-refractivity contribution in [3.8, 4) is 0 Å². The third-order valence-corrected chi connectivity index (χ3v) is 7.59. The molecule has 1 N–H and O–H groups in total. The zero-order valence-electron chi connectivity index (χ0n) is 18.1. The summed E-state index contributed by atoms with van der Waals surface area (Å²) in [5.74, 6) is -0.278. The number of morpholine rings is 1. The SMILES string of the molecule is CC[C@H](NC(=O)c1ccc(C)c(S(=O)(=O)N2CCOCC2)c1)c1ccc(C)cc1C. The molecule has 0 bridgehead atoms. The molecule has 1 amide bonds. The van der Waals surface area contributed by atoms with Crippen LogP contribution < -0.4 is 5.32 Å². The van der Waals surface area contributed by atoms with E-state index >= 15 is 0 Å². The second-order valence-corrected chi connectivity index (χ2v) is 9.70. The van der Waals surface area contributed by atoms with E-state index in [0.717, 1.165) is 17.5 Å². The Kier molecular flexibility index (Phi) is 6.95. The van der Waals surface area contributed by atoms with E-state index < -0.39 is 10.0 Å². The summed E-state index contributed by atoms with van der Waals surface area (Å²) < 4.78 is 32.9. The van der Waals surface area contributed by atoms with Gasteiger partial charge in [-0.1, -0.05) is 36.8 Å². The first-order valence-corrected chi connectivity index (χ1v) is 11.7. The Morgan fingerprint density at radius 1 is 1.07 bits per heavy atom. The summed E-state index contributed by atoms with van der Waals surface area (Å²) in [5.41, 5.74) is 4.34. The fourth-order valence-corrected chi connectivity index (χ4v) is 5.46. The topological polar surface area (TPSA) is 75.7 Å². The summed E-state index contributed by atoms with van der Waals surface area (Å²) in [4.78, 5) is 13.2. The van der Waals surface area contributed by atoms with Gasteiger partial charge in [0, 0.05) is 18.7 Å². The third-order valence-electron chi connectivity index (χ3n) is 5.55. The summed E-state index contributed by atoms with van der Waals surface area (Å²) >= 11 is 0. The lowest BCUT2D eigenvalue weighted by Crippen LogP contribution is -2.41. The van der Waals surface area contributed by atoms with Gasteiger partial charge in [0.1, 0.15) is 0 Å². The number of sulfonamides is 1. The molecule has 2 aromatic rings. The van der Waals surface area contributed by atoms with Gasteiger partial charge in [-0.05, 0) is 56.0 Å². The molecule has 7 heteroatoms. The minimum atomic E-state index is -3.67. The van der Waals surface area contributed by atoms with Crippen molar-refractivity contribution in [2.45, 2.75) is 45.1 Å². The molecule has 30 heavy (non-hydrogen) atoms. The molecule has 0 unspecified atom stereocenters. The molecular weight excluding hydrogens is 400 g/mol. The van der Waals surface area contributed by atoms with Crippen molar-refractivity contribution in [2.75, 3.05) is 26.3 Å². The second-order valence-electron chi connectivity index (χ2n) is 7.79. The molecule has 1 atom stereocenters. The molecular formula is C23H30N2O4S.